The summed E-state index contributed by atoms with van der Waals surface area (Å²) < 4.78 is 9.66. The Bertz CT molecular complexity index is 719. The summed E-state index contributed by atoms with van der Waals surface area (Å²) in [6, 6.07) is 10.1. The molecule has 0 aliphatic rings. The van der Waals surface area contributed by atoms with Gasteiger partial charge in [-0.05, 0) is 30.7 Å². The summed E-state index contributed by atoms with van der Waals surface area (Å²) in [6.45, 7) is 1.08. The summed E-state index contributed by atoms with van der Waals surface area (Å²) in [6.07, 6.45) is 0.722. The predicted molar refractivity (Wildman–Crippen MR) is 91.9 cm³/mol. The summed E-state index contributed by atoms with van der Waals surface area (Å²) in [7, 11) is 2.93. The van der Waals surface area contributed by atoms with Crippen molar-refractivity contribution in [2.75, 3.05) is 32.7 Å². The van der Waals surface area contributed by atoms with E-state index < -0.39 is 5.97 Å². The number of carbonyl (C=O) groups excluding carboxylic acids is 2. The van der Waals surface area contributed by atoms with E-state index in [0.29, 0.717) is 30.2 Å². The van der Waals surface area contributed by atoms with Crippen LogP contribution in [0.3, 0.4) is 0 Å². The zero-order valence-corrected chi connectivity index (χ0v) is 14.1. The van der Waals surface area contributed by atoms with Crippen LogP contribution in [0.4, 0.5) is 11.5 Å². The molecule has 2 N–H and O–H groups in total. The van der Waals surface area contributed by atoms with Crippen LogP contribution in [0, 0.1) is 0 Å². The van der Waals surface area contributed by atoms with Gasteiger partial charge in [0.25, 0.3) is 5.91 Å². The minimum absolute atomic E-state index is 0.212. The fraction of sp³-hybridized carbons (Fsp3) is 0.294. The lowest BCUT2D eigenvalue weighted by molar-refractivity contribution is 0.0601. The van der Waals surface area contributed by atoms with E-state index >= 15 is 0 Å². The van der Waals surface area contributed by atoms with Gasteiger partial charge in [0.05, 0.1) is 18.4 Å². The third-order valence-electron chi connectivity index (χ3n) is 3.30. The van der Waals surface area contributed by atoms with Crippen molar-refractivity contribution in [2.45, 2.75) is 6.42 Å². The number of para-hydroxylation sites is 1. The van der Waals surface area contributed by atoms with E-state index in [-0.39, 0.29) is 11.6 Å². The fourth-order valence-corrected chi connectivity index (χ4v) is 2.05. The van der Waals surface area contributed by atoms with Gasteiger partial charge in [-0.25, -0.2) is 4.79 Å². The molecule has 1 aromatic heterocycles. The molecule has 0 bridgehead atoms. The van der Waals surface area contributed by atoms with Crippen molar-refractivity contribution < 1.29 is 19.1 Å². The monoisotopic (exact) mass is 344 g/mol. The first-order valence-corrected chi connectivity index (χ1v) is 7.71. The van der Waals surface area contributed by atoms with E-state index in [4.69, 9.17) is 9.47 Å². The molecule has 0 saturated carbocycles. The molecular weight excluding hydrogens is 324 g/mol. The number of nitrogens with zero attached hydrogens (tertiary/aromatic N) is 2. The molecule has 8 heteroatoms. The van der Waals surface area contributed by atoms with Gasteiger partial charge in [-0.2, -0.15) is 0 Å². The smallest absolute Gasteiger partial charge is 0.339 e. The first kappa shape index (κ1) is 18.3. The second-order valence-electron chi connectivity index (χ2n) is 5.07. The van der Waals surface area contributed by atoms with Gasteiger partial charge in [-0.1, -0.05) is 12.1 Å². The Balaban J connectivity index is 2.01. The zero-order chi connectivity index (χ0) is 18.1. The third-order valence-corrected chi connectivity index (χ3v) is 3.30. The molecule has 0 aliphatic carbocycles. The molecule has 0 aliphatic heterocycles. The summed E-state index contributed by atoms with van der Waals surface area (Å²) in [5.74, 6) is -0.347. The molecule has 0 spiro atoms. The highest BCUT2D eigenvalue weighted by atomic mass is 16.5. The van der Waals surface area contributed by atoms with Crippen molar-refractivity contribution in [2.24, 2.45) is 0 Å². The van der Waals surface area contributed by atoms with Crippen LogP contribution < -0.4 is 10.6 Å². The minimum Gasteiger partial charge on any atom is -0.465 e. The van der Waals surface area contributed by atoms with Crippen LogP contribution in [-0.4, -0.2) is 49.4 Å². The Morgan fingerprint density at radius 3 is 2.56 bits per heavy atom. The topological polar surface area (TPSA) is 102 Å². The number of benzene rings is 1. The number of anilines is 2. The van der Waals surface area contributed by atoms with E-state index in [0.717, 1.165) is 6.42 Å². The van der Waals surface area contributed by atoms with Crippen LogP contribution in [-0.2, 0) is 9.47 Å². The molecule has 1 amide bonds. The largest absolute Gasteiger partial charge is 0.465 e. The van der Waals surface area contributed by atoms with Gasteiger partial charge in [-0.15, -0.1) is 10.2 Å². The van der Waals surface area contributed by atoms with Crippen LogP contribution >= 0.6 is 0 Å². The van der Waals surface area contributed by atoms with Crippen molar-refractivity contribution in [3.63, 3.8) is 0 Å². The highest BCUT2D eigenvalue weighted by Crippen LogP contribution is 2.20. The molecule has 0 unspecified atom stereocenters. The maximum Gasteiger partial charge on any atom is 0.339 e. The summed E-state index contributed by atoms with van der Waals surface area (Å²) in [4.78, 5) is 23.7. The molecule has 0 saturated heterocycles. The Labute approximate surface area is 145 Å². The second kappa shape index (κ2) is 9.33. The Morgan fingerprint density at radius 2 is 1.88 bits per heavy atom. The van der Waals surface area contributed by atoms with Gasteiger partial charge in [0.2, 0.25) is 0 Å². The van der Waals surface area contributed by atoms with E-state index in [1.807, 2.05) is 0 Å². The van der Waals surface area contributed by atoms with E-state index in [2.05, 4.69) is 20.8 Å². The number of carbonyl (C=O) groups is 2. The summed E-state index contributed by atoms with van der Waals surface area (Å²) >= 11 is 0. The SMILES string of the molecule is COCCCNC(=O)c1ccc(Nc2ccccc2C(=O)OC)nn1. The molecule has 2 aromatic rings. The molecule has 1 heterocycles. The van der Waals surface area contributed by atoms with Crippen molar-refractivity contribution in [1.82, 2.24) is 15.5 Å². The predicted octanol–water partition coefficient (Wildman–Crippen LogP) is 1.77. The van der Waals surface area contributed by atoms with Gasteiger partial charge >= 0.3 is 5.97 Å². The number of ether oxygens (including phenoxy) is 2. The molecule has 0 atom stereocenters. The Hall–Kier alpha value is -3.00. The van der Waals surface area contributed by atoms with Crippen molar-refractivity contribution in [1.29, 1.82) is 0 Å². The van der Waals surface area contributed by atoms with Gasteiger partial charge in [-0.3, -0.25) is 4.79 Å². The van der Waals surface area contributed by atoms with Crippen LogP contribution in [0.2, 0.25) is 0 Å². The number of amides is 1. The van der Waals surface area contributed by atoms with E-state index in [9.17, 15) is 9.59 Å². The zero-order valence-electron chi connectivity index (χ0n) is 14.1. The van der Waals surface area contributed by atoms with E-state index in [1.165, 1.54) is 7.11 Å². The molecule has 2 rings (SSSR count). The van der Waals surface area contributed by atoms with Crippen LogP contribution in [0.25, 0.3) is 0 Å². The summed E-state index contributed by atoms with van der Waals surface area (Å²) in [5.41, 5.74) is 1.14. The lowest BCUT2D eigenvalue weighted by Gasteiger charge is -2.10. The number of nitrogens with one attached hydrogen (secondary N) is 2. The molecule has 132 valence electrons. The Kier molecular flexibility index (Phi) is 6.85. The van der Waals surface area contributed by atoms with Crippen LogP contribution in [0.1, 0.15) is 27.3 Å². The average Bonchev–Trinajstić information content (AvgIpc) is 2.65. The lowest BCUT2D eigenvalue weighted by atomic mass is 10.2. The third kappa shape index (κ3) is 5.25. The van der Waals surface area contributed by atoms with Crippen LogP contribution in [0.15, 0.2) is 36.4 Å². The van der Waals surface area contributed by atoms with Gasteiger partial charge in [0.1, 0.15) is 0 Å². The molecule has 8 nitrogen and oxygen atoms in total. The molecule has 1 aromatic carbocycles. The fourth-order valence-electron chi connectivity index (χ4n) is 2.05. The van der Waals surface area contributed by atoms with Gasteiger partial charge in [0, 0.05) is 20.3 Å². The second-order valence-corrected chi connectivity index (χ2v) is 5.07. The maximum atomic E-state index is 11.9. The lowest BCUT2D eigenvalue weighted by Crippen LogP contribution is -2.26. The average molecular weight is 344 g/mol. The van der Waals surface area contributed by atoms with Crippen LogP contribution in [0.5, 0.6) is 0 Å². The summed E-state index contributed by atoms with van der Waals surface area (Å²) in [5, 5.41) is 13.6. The number of hydrogen-bond donors (Lipinski definition) is 2. The van der Waals surface area contributed by atoms with Crippen molar-refractivity contribution >= 4 is 23.4 Å². The van der Waals surface area contributed by atoms with Crippen molar-refractivity contribution in [3.05, 3.63) is 47.7 Å². The normalized spacial score (nSPS) is 10.2. The molecular formula is C17H20N4O4. The minimum atomic E-state index is -0.455. The number of hydrogen-bond acceptors (Lipinski definition) is 7. The standard InChI is InChI=1S/C17H20N4O4/c1-24-11-5-10-18-16(22)14-8-9-15(21-20-14)19-13-7-4-3-6-12(13)17(23)25-2/h3-4,6-9H,5,10-11H2,1-2H3,(H,18,22)(H,19,21). The van der Waals surface area contributed by atoms with Gasteiger partial charge < -0.3 is 20.1 Å². The molecule has 0 fully saturated rings. The first-order valence-electron chi connectivity index (χ1n) is 7.71. The molecule has 25 heavy (non-hydrogen) atoms. The number of aromatic nitrogens is 2. The first-order chi connectivity index (χ1) is 12.2. The van der Waals surface area contributed by atoms with Crippen molar-refractivity contribution in [3.8, 4) is 0 Å². The highest BCUT2D eigenvalue weighted by Gasteiger charge is 2.12. The number of esters is 1. The Morgan fingerprint density at radius 1 is 1.08 bits per heavy atom. The number of rotatable bonds is 8. The van der Waals surface area contributed by atoms with E-state index in [1.54, 1.807) is 43.5 Å². The highest BCUT2D eigenvalue weighted by molar-refractivity contribution is 5.96. The number of methoxy groups -OCH3 is 2. The maximum absolute atomic E-state index is 11.9. The quantitative estimate of drug-likeness (QED) is 0.556. The molecule has 0 radical (unpaired) electrons. The van der Waals surface area contributed by atoms with Gasteiger partial charge in [0.15, 0.2) is 11.5 Å².